The molecule has 0 spiro atoms. The molecule has 0 radical (unpaired) electrons. The number of hydroxylamine groups is 1. The van der Waals surface area contributed by atoms with Gasteiger partial charge in [0.05, 0.1) is 10.7 Å². The number of nitrogens with zero attached hydrogens (tertiary/aromatic N) is 3. The predicted molar refractivity (Wildman–Crippen MR) is 88.7 cm³/mol. The highest BCUT2D eigenvalue weighted by molar-refractivity contribution is 7.92. The highest BCUT2D eigenvalue weighted by Crippen LogP contribution is 2.22. The average Bonchev–Trinajstić information content (AvgIpc) is 2.95. The van der Waals surface area contributed by atoms with E-state index in [9.17, 15) is 9.60 Å². The molecule has 1 heterocycles. The van der Waals surface area contributed by atoms with E-state index in [1.165, 1.54) is 12.1 Å². The zero-order valence-electron chi connectivity index (χ0n) is 12.7. The van der Waals surface area contributed by atoms with E-state index >= 15 is 0 Å². The Labute approximate surface area is 143 Å². The van der Waals surface area contributed by atoms with E-state index in [-0.39, 0.29) is 16.6 Å². The van der Waals surface area contributed by atoms with E-state index in [4.69, 9.17) is 21.2 Å². The van der Waals surface area contributed by atoms with Gasteiger partial charge in [0.25, 0.3) is 0 Å². The van der Waals surface area contributed by atoms with Crippen LogP contribution in [0, 0.1) is 15.4 Å². The normalized spacial score (nSPS) is 12.4. The Hall–Kier alpha value is -2.04. The van der Waals surface area contributed by atoms with Gasteiger partial charge in [0.1, 0.15) is 11.5 Å². The molecule has 1 aromatic carbocycles. The number of aromatic nitrogens is 2. The zero-order valence-corrected chi connectivity index (χ0v) is 14.3. The van der Waals surface area contributed by atoms with Gasteiger partial charge < -0.3 is 0 Å². The van der Waals surface area contributed by atoms with Crippen LogP contribution in [-0.4, -0.2) is 33.4 Å². The second kappa shape index (κ2) is 7.69. The summed E-state index contributed by atoms with van der Waals surface area (Å²) < 4.78 is 33.1. The number of nitrogens with one attached hydrogen (secondary N) is 3. The van der Waals surface area contributed by atoms with Crippen molar-refractivity contribution in [1.82, 2.24) is 15.8 Å². The van der Waals surface area contributed by atoms with Crippen LogP contribution in [0.5, 0.6) is 0 Å². The Bertz CT molecular complexity index is 852. The van der Waals surface area contributed by atoms with Crippen LogP contribution in [0.15, 0.2) is 27.8 Å². The Morgan fingerprint density at radius 1 is 1.46 bits per heavy atom. The number of halogens is 2. The standard InChI is InChI=1S/C13H16ClFN6O2S/c1-24(16,17)6-2-3-11-12(21-23-20-11)13(19-22)18-8-4-5-10(15)9(14)7-8/h4-5,7,16-17,22H,2-3,6H2,1H3,(H,18,19). The van der Waals surface area contributed by atoms with E-state index in [2.05, 4.69) is 19.9 Å². The summed E-state index contributed by atoms with van der Waals surface area (Å²) in [6.45, 7) is 0. The topological polar surface area (TPSA) is 131 Å². The highest BCUT2D eigenvalue weighted by atomic mass is 35.5. The first-order valence-electron chi connectivity index (χ1n) is 6.81. The smallest absolute Gasteiger partial charge is 0.181 e. The number of hydrogen-bond acceptors (Lipinski definition) is 7. The summed E-state index contributed by atoms with van der Waals surface area (Å²) >= 11 is 5.70. The minimum absolute atomic E-state index is 0.0271. The van der Waals surface area contributed by atoms with E-state index < -0.39 is 15.4 Å². The molecule has 8 nitrogen and oxygen atoms in total. The van der Waals surface area contributed by atoms with Crippen molar-refractivity contribution < 1.29 is 14.2 Å². The molecule has 4 N–H and O–H groups in total. The van der Waals surface area contributed by atoms with Gasteiger partial charge >= 0.3 is 0 Å². The van der Waals surface area contributed by atoms with E-state index in [0.717, 1.165) is 6.07 Å². The molecule has 11 heteroatoms. The lowest BCUT2D eigenvalue weighted by molar-refractivity contribution is 0.234. The first-order chi connectivity index (χ1) is 11.3. The molecule has 0 atom stereocenters. The molecular formula is C13H16ClFN6O2S. The largest absolute Gasteiger partial charge is 0.290 e. The van der Waals surface area contributed by atoms with Crippen molar-refractivity contribution in [3.63, 3.8) is 0 Å². The predicted octanol–water partition coefficient (Wildman–Crippen LogP) is 3.16. The van der Waals surface area contributed by atoms with Crippen LogP contribution >= 0.6 is 11.6 Å². The fourth-order valence-electron chi connectivity index (χ4n) is 1.89. The summed E-state index contributed by atoms with van der Waals surface area (Å²) in [6, 6.07) is 3.85. The second-order valence-corrected chi connectivity index (χ2v) is 8.12. The molecule has 0 saturated carbocycles. The van der Waals surface area contributed by atoms with Crippen molar-refractivity contribution in [1.29, 1.82) is 9.56 Å². The van der Waals surface area contributed by atoms with Gasteiger partial charge in [0, 0.05) is 12.0 Å². The lowest BCUT2D eigenvalue weighted by Crippen LogP contribution is -2.22. The van der Waals surface area contributed by atoms with Crippen LogP contribution < -0.4 is 5.48 Å². The monoisotopic (exact) mass is 374 g/mol. The number of rotatable bonds is 6. The average molecular weight is 375 g/mol. The molecule has 24 heavy (non-hydrogen) atoms. The van der Waals surface area contributed by atoms with Crippen molar-refractivity contribution in [2.45, 2.75) is 12.8 Å². The fraction of sp³-hybridized carbons (Fsp3) is 0.308. The number of benzene rings is 1. The molecular weight excluding hydrogens is 359 g/mol. The first kappa shape index (κ1) is 18.3. The van der Waals surface area contributed by atoms with Crippen molar-refractivity contribution in [3.8, 4) is 0 Å². The van der Waals surface area contributed by atoms with Crippen LogP contribution in [0.25, 0.3) is 0 Å². The molecule has 130 valence electrons. The van der Waals surface area contributed by atoms with Crippen molar-refractivity contribution in [2.75, 3.05) is 12.0 Å². The number of hydrogen-bond donors (Lipinski definition) is 4. The maximum atomic E-state index is 13.2. The molecule has 0 aliphatic heterocycles. The molecule has 0 saturated heterocycles. The molecule has 0 aliphatic carbocycles. The summed E-state index contributed by atoms with van der Waals surface area (Å²) in [5, 5.41) is 16.7. The Morgan fingerprint density at radius 2 is 2.21 bits per heavy atom. The maximum absolute atomic E-state index is 13.2. The fourth-order valence-corrected chi connectivity index (χ4v) is 2.79. The maximum Gasteiger partial charge on any atom is 0.181 e. The van der Waals surface area contributed by atoms with Gasteiger partial charge in [0.2, 0.25) is 0 Å². The number of aliphatic imine (C=N–C) groups is 1. The minimum atomic E-state index is -2.10. The van der Waals surface area contributed by atoms with Crippen LogP contribution in [0.1, 0.15) is 17.8 Å². The van der Waals surface area contributed by atoms with Crippen LogP contribution in [0.3, 0.4) is 0 Å². The highest BCUT2D eigenvalue weighted by Gasteiger charge is 2.16. The van der Waals surface area contributed by atoms with Gasteiger partial charge in [-0.05, 0) is 36.2 Å². The first-order valence-corrected chi connectivity index (χ1v) is 9.40. The van der Waals surface area contributed by atoms with Gasteiger partial charge in [-0.2, -0.15) is 0 Å². The van der Waals surface area contributed by atoms with E-state index in [1.54, 1.807) is 6.26 Å². The Morgan fingerprint density at radius 3 is 2.83 bits per heavy atom. The Kier molecular flexibility index (Phi) is 5.86. The van der Waals surface area contributed by atoms with Gasteiger partial charge in [-0.3, -0.25) is 20.2 Å². The third kappa shape index (κ3) is 4.98. The van der Waals surface area contributed by atoms with Gasteiger partial charge in [-0.1, -0.05) is 26.4 Å². The lowest BCUT2D eigenvalue weighted by atomic mass is 10.2. The van der Waals surface area contributed by atoms with E-state index in [1.807, 2.05) is 5.48 Å². The quantitative estimate of drug-likeness (QED) is 0.350. The molecule has 0 aliphatic rings. The summed E-state index contributed by atoms with van der Waals surface area (Å²) in [5.74, 6) is -0.179. The van der Waals surface area contributed by atoms with Crippen LogP contribution in [-0.2, 0) is 16.0 Å². The van der Waals surface area contributed by atoms with Crippen molar-refractivity contribution in [2.24, 2.45) is 4.99 Å². The van der Waals surface area contributed by atoms with Gasteiger partial charge in [-0.15, -0.1) is 0 Å². The van der Waals surface area contributed by atoms with Crippen LogP contribution in [0.2, 0.25) is 5.02 Å². The van der Waals surface area contributed by atoms with Crippen molar-refractivity contribution in [3.05, 3.63) is 40.4 Å². The third-order valence-corrected chi connectivity index (χ3v) is 4.39. The molecule has 0 bridgehead atoms. The summed E-state index contributed by atoms with van der Waals surface area (Å²) in [6.07, 6.45) is 2.56. The molecule has 0 unspecified atom stereocenters. The zero-order chi connectivity index (χ0) is 17.7. The van der Waals surface area contributed by atoms with Gasteiger partial charge in [0.15, 0.2) is 11.5 Å². The summed E-state index contributed by atoms with van der Waals surface area (Å²) in [5.41, 5.74) is 2.86. The second-order valence-electron chi connectivity index (χ2n) is 5.13. The third-order valence-electron chi connectivity index (χ3n) is 3.00. The van der Waals surface area contributed by atoms with Crippen LogP contribution in [0.4, 0.5) is 10.1 Å². The SMILES string of the molecule is CS(=N)(=N)CCCc1nonc1C(=Nc1ccc(F)c(Cl)c1)NO. The number of amidine groups is 1. The minimum Gasteiger partial charge on any atom is -0.290 e. The summed E-state index contributed by atoms with van der Waals surface area (Å²) in [7, 11) is -2.10. The van der Waals surface area contributed by atoms with Gasteiger partial charge in [-0.25, -0.2) is 14.0 Å². The Balaban J connectivity index is 2.23. The molecule has 1 aromatic heterocycles. The van der Waals surface area contributed by atoms with E-state index in [0.29, 0.717) is 30.0 Å². The molecule has 2 rings (SSSR count). The summed E-state index contributed by atoms with van der Waals surface area (Å²) in [4.78, 5) is 4.11. The number of aryl methyl sites for hydroxylation is 1. The molecule has 2 aromatic rings. The molecule has 0 fully saturated rings. The molecule has 0 amide bonds. The van der Waals surface area contributed by atoms with Crippen molar-refractivity contribution >= 4 is 32.7 Å². The lowest BCUT2D eigenvalue weighted by Gasteiger charge is -2.05.